The molecule has 29 heavy (non-hydrogen) atoms. The molecule has 2 amide bonds. The molecule has 0 bridgehead atoms. The molecule has 0 spiro atoms. The van der Waals surface area contributed by atoms with Gasteiger partial charge in [-0.15, -0.1) is 0 Å². The number of rotatable bonds is 4. The summed E-state index contributed by atoms with van der Waals surface area (Å²) >= 11 is 0. The summed E-state index contributed by atoms with van der Waals surface area (Å²) in [6.07, 6.45) is 3.92. The molecule has 0 aromatic carbocycles. The maximum atomic E-state index is 12.7. The van der Waals surface area contributed by atoms with Gasteiger partial charge in [0, 0.05) is 24.3 Å². The minimum absolute atomic E-state index is 0.0360. The van der Waals surface area contributed by atoms with Crippen LogP contribution in [0.4, 0.5) is 5.69 Å². The number of carbonyl (C=O) groups is 2. The molecule has 4 rings (SSSR count). The number of sulfone groups is 1. The van der Waals surface area contributed by atoms with Crippen molar-refractivity contribution >= 4 is 44.1 Å². The highest BCUT2D eigenvalue weighted by molar-refractivity contribution is 7.91. The molecular weight excluding hydrogens is 396 g/mol. The average molecular weight is 418 g/mol. The van der Waals surface area contributed by atoms with Crippen molar-refractivity contribution in [3.8, 4) is 0 Å². The Hall–Kier alpha value is -2.82. The van der Waals surface area contributed by atoms with Gasteiger partial charge in [0.05, 0.1) is 35.6 Å². The van der Waals surface area contributed by atoms with E-state index < -0.39 is 21.8 Å². The van der Waals surface area contributed by atoms with Crippen LogP contribution in [0.25, 0.3) is 11.0 Å². The number of hydrogen-bond donors (Lipinski definition) is 1. The van der Waals surface area contributed by atoms with E-state index in [9.17, 15) is 18.0 Å². The first-order chi connectivity index (χ1) is 13.7. The lowest BCUT2D eigenvalue weighted by Gasteiger charge is -2.27. The Morgan fingerprint density at radius 1 is 1.28 bits per heavy atom. The lowest BCUT2D eigenvalue weighted by molar-refractivity contribution is -0.133. The van der Waals surface area contributed by atoms with Gasteiger partial charge < -0.3 is 5.32 Å². The normalized spacial score (nSPS) is 21.6. The van der Waals surface area contributed by atoms with E-state index in [2.05, 4.69) is 20.5 Å². The van der Waals surface area contributed by atoms with Gasteiger partial charge in [-0.3, -0.25) is 9.59 Å². The van der Waals surface area contributed by atoms with Gasteiger partial charge in [0.25, 0.3) is 5.91 Å². The van der Waals surface area contributed by atoms with E-state index in [4.69, 9.17) is 0 Å². The summed E-state index contributed by atoms with van der Waals surface area (Å²) in [4.78, 5) is 29.2. The molecule has 1 unspecified atom stereocenters. The molecule has 0 aliphatic carbocycles. The van der Waals surface area contributed by atoms with Crippen molar-refractivity contribution in [2.45, 2.75) is 45.2 Å². The standard InChI is InChI=1S/C18H22N6O4S/c1-11(2)23-17-12(8-20-23)7-13(9-19-17)21-18(26)15-3-4-16(25)24(22-15)14-5-6-29(27,28)10-14/h7-9,11,14H,3-6,10H2,1-2H3,(H,21,26). The maximum absolute atomic E-state index is 12.7. The summed E-state index contributed by atoms with van der Waals surface area (Å²) in [6.45, 7) is 4.02. The Balaban J connectivity index is 1.52. The molecule has 1 fully saturated rings. The first-order valence-electron chi connectivity index (χ1n) is 9.48. The second-order valence-corrected chi connectivity index (χ2v) is 9.84. The summed E-state index contributed by atoms with van der Waals surface area (Å²) in [6, 6.07) is 1.44. The lowest BCUT2D eigenvalue weighted by Crippen LogP contribution is -2.42. The number of hydrazone groups is 1. The summed E-state index contributed by atoms with van der Waals surface area (Å²) < 4.78 is 25.2. The van der Waals surface area contributed by atoms with Crippen LogP contribution in [0.3, 0.4) is 0 Å². The number of nitrogens with zero attached hydrogens (tertiary/aromatic N) is 5. The first kappa shape index (κ1) is 19.5. The SMILES string of the molecule is CC(C)n1ncc2cc(NC(=O)C3=NN(C4CCS(=O)(=O)C4)C(=O)CC3)cnc21. The number of fused-ring (bicyclic) bond motifs is 1. The quantitative estimate of drug-likeness (QED) is 0.793. The van der Waals surface area contributed by atoms with E-state index >= 15 is 0 Å². The van der Waals surface area contributed by atoms with E-state index in [1.54, 1.807) is 23.1 Å². The van der Waals surface area contributed by atoms with Gasteiger partial charge in [-0.2, -0.15) is 10.2 Å². The number of amides is 2. The predicted molar refractivity (Wildman–Crippen MR) is 107 cm³/mol. The van der Waals surface area contributed by atoms with Gasteiger partial charge >= 0.3 is 0 Å². The largest absolute Gasteiger partial charge is 0.319 e. The number of aromatic nitrogens is 3. The Kier molecular flexibility index (Phi) is 4.85. The smallest absolute Gasteiger partial charge is 0.271 e. The summed E-state index contributed by atoms with van der Waals surface area (Å²) in [5.41, 5.74) is 1.43. The molecule has 0 radical (unpaired) electrons. The van der Waals surface area contributed by atoms with Crippen LogP contribution in [0.15, 0.2) is 23.6 Å². The molecule has 0 saturated carbocycles. The van der Waals surface area contributed by atoms with Crippen LogP contribution in [-0.2, 0) is 19.4 Å². The molecular formula is C18H22N6O4S. The highest BCUT2D eigenvalue weighted by Gasteiger charge is 2.37. The summed E-state index contributed by atoms with van der Waals surface area (Å²) in [5, 5.41) is 13.2. The van der Waals surface area contributed by atoms with Gasteiger partial charge in [-0.05, 0) is 26.3 Å². The zero-order valence-corrected chi connectivity index (χ0v) is 17.0. The van der Waals surface area contributed by atoms with Crippen LogP contribution in [-0.4, -0.2) is 63.3 Å². The summed E-state index contributed by atoms with van der Waals surface area (Å²) in [7, 11) is -3.16. The third-order valence-corrected chi connectivity index (χ3v) is 6.81. The monoisotopic (exact) mass is 418 g/mol. The van der Waals surface area contributed by atoms with Gasteiger partial charge in [-0.1, -0.05) is 0 Å². The van der Waals surface area contributed by atoms with Crippen LogP contribution in [0.1, 0.15) is 39.2 Å². The number of carbonyl (C=O) groups excluding carboxylic acids is 2. The Morgan fingerprint density at radius 3 is 2.76 bits per heavy atom. The number of pyridine rings is 1. The van der Waals surface area contributed by atoms with Crippen molar-refractivity contribution in [2.24, 2.45) is 5.10 Å². The third kappa shape index (κ3) is 3.86. The topological polar surface area (TPSA) is 127 Å². The molecule has 154 valence electrons. The van der Waals surface area contributed by atoms with Crippen molar-refractivity contribution in [2.75, 3.05) is 16.8 Å². The minimum Gasteiger partial charge on any atom is -0.319 e. The van der Waals surface area contributed by atoms with Crippen LogP contribution in [0.5, 0.6) is 0 Å². The zero-order valence-electron chi connectivity index (χ0n) is 16.2. The van der Waals surface area contributed by atoms with Gasteiger partial charge in [0.1, 0.15) is 5.71 Å². The maximum Gasteiger partial charge on any atom is 0.271 e. The van der Waals surface area contributed by atoms with Crippen LogP contribution in [0, 0.1) is 0 Å². The van der Waals surface area contributed by atoms with Crippen molar-refractivity contribution in [1.29, 1.82) is 0 Å². The van der Waals surface area contributed by atoms with E-state index in [0.29, 0.717) is 12.1 Å². The summed E-state index contributed by atoms with van der Waals surface area (Å²) in [5.74, 6) is -0.764. The molecule has 1 N–H and O–H groups in total. The minimum atomic E-state index is -3.16. The molecule has 1 atom stereocenters. The highest BCUT2D eigenvalue weighted by Crippen LogP contribution is 2.23. The predicted octanol–water partition coefficient (Wildman–Crippen LogP) is 1.12. The molecule has 2 aromatic rings. The van der Waals surface area contributed by atoms with Gasteiger partial charge in [0.15, 0.2) is 15.5 Å². The molecule has 2 aromatic heterocycles. The first-order valence-corrected chi connectivity index (χ1v) is 11.3. The molecule has 4 heterocycles. The van der Waals surface area contributed by atoms with Gasteiger partial charge in [0.2, 0.25) is 5.91 Å². The van der Waals surface area contributed by atoms with E-state index in [0.717, 1.165) is 11.0 Å². The Labute approximate surface area is 167 Å². The Bertz CT molecular complexity index is 1120. The van der Waals surface area contributed by atoms with E-state index in [1.165, 1.54) is 5.01 Å². The second kappa shape index (κ2) is 7.21. The Morgan fingerprint density at radius 2 is 2.07 bits per heavy atom. The second-order valence-electron chi connectivity index (χ2n) is 7.62. The lowest BCUT2D eigenvalue weighted by atomic mass is 10.1. The number of nitrogens with one attached hydrogen (secondary N) is 1. The number of anilines is 1. The fourth-order valence-corrected chi connectivity index (χ4v) is 5.27. The van der Waals surface area contributed by atoms with Crippen LogP contribution < -0.4 is 5.32 Å². The van der Waals surface area contributed by atoms with E-state index in [-0.39, 0.29) is 42.0 Å². The molecule has 11 heteroatoms. The highest BCUT2D eigenvalue weighted by atomic mass is 32.2. The fourth-order valence-electron chi connectivity index (χ4n) is 3.58. The van der Waals surface area contributed by atoms with Crippen LogP contribution in [0.2, 0.25) is 0 Å². The fraction of sp³-hybridized carbons (Fsp3) is 0.500. The third-order valence-electron chi connectivity index (χ3n) is 5.06. The van der Waals surface area contributed by atoms with Gasteiger partial charge in [-0.25, -0.2) is 23.1 Å². The molecule has 2 aliphatic heterocycles. The molecule has 1 saturated heterocycles. The molecule has 10 nitrogen and oxygen atoms in total. The zero-order chi connectivity index (χ0) is 20.8. The number of hydrogen-bond acceptors (Lipinski definition) is 7. The van der Waals surface area contributed by atoms with Crippen molar-refractivity contribution < 1.29 is 18.0 Å². The van der Waals surface area contributed by atoms with Crippen LogP contribution >= 0.6 is 0 Å². The van der Waals surface area contributed by atoms with Crippen molar-refractivity contribution in [3.05, 3.63) is 18.5 Å². The molecule has 2 aliphatic rings. The average Bonchev–Trinajstić information content (AvgIpc) is 3.24. The van der Waals surface area contributed by atoms with Crippen molar-refractivity contribution in [1.82, 2.24) is 19.8 Å². The van der Waals surface area contributed by atoms with Crippen molar-refractivity contribution in [3.63, 3.8) is 0 Å². The van der Waals surface area contributed by atoms with E-state index in [1.807, 2.05) is 13.8 Å².